The second-order valence-corrected chi connectivity index (χ2v) is 14.2. The number of rotatable bonds is 8. The average molecular weight is 457 g/mol. The van der Waals surface area contributed by atoms with Gasteiger partial charge in [0, 0.05) is 32.9 Å². The predicted octanol–water partition coefficient (Wildman–Crippen LogP) is 0.684. The summed E-state index contributed by atoms with van der Waals surface area (Å²) in [5.74, 6) is -1.94. The van der Waals surface area contributed by atoms with E-state index in [1.165, 1.54) is 6.92 Å². The van der Waals surface area contributed by atoms with Gasteiger partial charge in [-0.05, 0) is 13.0 Å². The van der Waals surface area contributed by atoms with E-state index < -0.39 is 44.6 Å². The van der Waals surface area contributed by atoms with Crippen molar-refractivity contribution in [3.8, 4) is 0 Å². The molecule has 0 radical (unpaired) electrons. The SMILES string of the molecule is C=C(C)C(=O)OCC(=O)NC1CCOC1=O.C[Si](C)(C)CCC(=O)NC1CCOC1=O. The summed E-state index contributed by atoms with van der Waals surface area (Å²) in [7, 11) is -1.17. The van der Waals surface area contributed by atoms with Crippen LogP contribution in [0.2, 0.25) is 25.7 Å². The van der Waals surface area contributed by atoms with E-state index >= 15 is 0 Å². The standard InChI is InChI=1S/C10H13NO5.C10H19NO3Si/c1-6(2)9(13)16-5-8(12)11-7-3-4-15-10(7)14;1-15(2,3)7-5-9(12)11-8-4-6-14-10(8)13/h7H,1,3-5H2,2H3,(H,11,12);8H,4-7H2,1-3H3,(H,11,12). The summed E-state index contributed by atoms with van der Waals surface area (Å²) < 4.78 is 14.0. The molecule has 2 saturated heterocycles. The van der Waals surface area contributed by atoms with E-state index in [2.05, 4.69) is 46.3 Å². The number of carbonyl (C=O) groups excluding carboxylic acids is 5. The Morgan fingerprint density at radius 2 is 1.48 bits per heavy atom. The third kappa shape index (κ3) is 10.8. The first kappa shape index (κ1) is 26.3. The number of nitrogens with one attached hydrogen (secondary N) is 2. The summed E-state index contributed by atoms with van der Waals surface area (Å²) in [5, 5.41) is 5.11. The van der Waals surface area contributed by atoms with Gasteiger partial charge in [-0.2, -0.15) is 0 Å². The minimum atomic E-state index is -1.17. The van der Waals surface area contributed by atoms with Crippen molar-refractivity contribution in [1.82, 2.24) is 10.6 Å². The first-order chi connectivity index (χ1) is 14.4. The van der Waals surface area contributed by atoms with Crippen LogP contribution in [0, 0.1) is 0 Å². The van der Waals surface area contributed by atoms with Crippen molar-refractivity contribution in [2.75, 3.05) is 19.8 Å². The normalized spacial score (nSPS) is 20.0. The zero-order valence-corrected chi connectivity index (χ0v) is 19.6. The van der Waals surface area contributed by atoms with E-state index in [4.69, 9.17) is 4.74 Å². The average Bonchev–Trinajstić information content (AvgIpc) is 3.26. The Morgan fingerprint density at radius 1 is 1.00 bits per heavy atom. The monoisotopic (exact) mass is 456 g/mol. The molecule has 2 heterocycles. The van der Waals surface area contributed by atoms with E-state index in [-0.39, 0.29) is 17.4 Å². The summed E-state index contributed by atoms with van der Waals surface area (Å²) in [6.07, 6.45) is 1.58. The molecule has 2 N–H and O–H groups in total. The number of esters is 3. The number of hydrogen-bond donors (Lipinski definition) is 2. The van der Waals surface area contributed by atoms with Crippen molar-refractivity contribution in [2.45, 2.75) is 64.0 Å². The van der Waals surface area contributed by atoms with Crippen molar-refractivity contribution in [3.63, 3.8) is 0 Å². The molecule has 2 aliphatic rings. The molecule has 0 aromatic rings. The molecule has 2 atom stereocenters. The van der Waals surface area contributed by atoms with Crippen molar-refractivity contribution < 1.29 is 38.2 Å². The first-order valence-electron chi connectivity index (χ1n) is 10.1. The second-order valence-electron chi connectivity index (χ2n) is 8.57. The largest absolute Gasteiger partial charge is 0.464 e. The van der Waals surface area contributed by atoms with Gasteiger partial charge in [-0.3, -0.25) is 9.59 Å². The Morgan fingerprint density at radius 3 is 1.87 bits per heavy atom. The molecule has 0 spiro atoms. The van der Waals surface area contributed by atoms with Crippen LogP contribution >= 0.6 is 0 Å². The topological polar surface area (TPSA) is 137 Å². The summed E-state index contributed by atoms with van der Waals surface area (Å²) in [5.41, 5.74) is 0.216. The van der Waals surface area contributed by atoms with Crippen LogP contribution in [0.25, 0.3) is 0 Å². The maximum Gasteiger partial charge on any atom is 0.333 e. The van der Waals surface area contributed by atoms with Crippen LogP contribution in [0.4, 0.5) is 0 Å². The van der Waals surface area contributed by atoms with Gasteiger partial charge in [0.15, 0.2) is 6.61 Å². The smallest absolute Gasteiger partial charge is 0.333 e. The van der Waals surface area contributed by atoms with E-state index in [0.29, 0.717) is 32.5 Å². The lowest BCUT2D eigenvalue weighted by molar-refractivity contribution is -0.146. The number of carbonyl (C=O) groups is 5. The van der Waals surface area contributed by atoms with Crippen LogP contribution in [0.15, 0.2) is 12.2 Å². The Hall–Kier alpha value is -2.69. The highest BCUT2D eigenvalue weighted by molar-refractivity contribution is 6.76. The number of amides is 2. The van der Waals surface area contributed by atoms with Gasteiger partial charge in [0.1, 0.15) is 12.1 Å². The van der Waals surface area contributed by atoms with Crippen molar-refractivity contribution >= 4 is 37.8 Å². The minimum Gasteiger partial charge on any atom is -0.464 e. The van der Waals surface area contributed by atoms with Gasteiger partial charge in [-0.25, -0.2) is 14.4 Å². The van der Waals surface area contributed by atoms with Crippen LogP contribution in [0.5, 0.6) is 0 Å². The summed E-state index contributed by atoms with van der Waals surface area (Å²) >= 11 is 0. The number of ether oxygens (including phenoxy) is 3. The Bertz CT molecular complexity index is 716. The summed E-state index contributed by atoms with van der Waals surface area (Å²) in [6, 6.07) is -0.0733. The molecule has 0 aromatic heterocycles. The molecule has 2 aliphatic heterocycles. The van der Waals surface area contributed by atoms with Gasteiger partial charge in [-0.15, -0.1) is 0 Å². The Balaban J connectivity index is 0.000000311. The highest BCUT2D eigenvalue weighted by Crippen LogP contribution is 2.12. The first-order valence-corrected chi connectivity index (χ1v) is 13.8. The third-order valence-corrected chi connectivity index (χ3v) is 6.08. The van der Waals surface area contributed by atoms with Crippen LogP contribution in [-0.4, -0.2) is 69.7 Å². The maximum absolute atomic E-state index is 11.5. The van der Waals surface area contributed by atoms with Crippen LogP contribution < -0.4 is 10.6 Å². The van der Waals surface area contributed by atoms with Gasteiger partial charge < -0.3 is 24.8 Å². The van der Waals surface area contributed by atoms with E-state index in [1.54, 1.807) is 0 Å². The van der Waals surface area contributed by atoms with Crippen molar-refractivity contribution in [1.29, 1.82) is 0 Å². The van der Waals surface area contributed by atoms with Gasteiger partial charge >= 0.3 is 17.9 Å². The van der Waals surface area contributed by atoms with Gasteiger partial charge in [0.2, 0.25) is 5.91 Å². The minimum absolute atomic E-state index is 0.0266. The highest BCUT2D eigenvalue weighted by Gasteiger charge is 2.29. The molecule has 11 heteroatoms. The molecule has 10 nitrogen and oxygen atoms in total. The van der Waals surface area contributed by atoms with Crippen molar-refractivity contribution in [2.24, 2.45) is 0 Å². The molecule has 0 bridgehead atoms. The lowest BCUT2D eigenvalue weighted by atomic mass is 10.2. The van der Waals surface area contributed by atoms with Gasteiger partial charge in [0.05, 0.1) is 13.2 Å². The molecule has 2 fully saturated rings. The lowest BCUT2D eigenvalue weighted by Crippen LogP contribution is -2.40. The molecule has 2 unspecified atom stereocenters. The lowest BCUT2D eigenvalue weighted by Gasteiger charge is -2.15. The Labute approximate surface area is 183 Å². The van der Waals surface area contributed by atoms with Gasteiger partial charge in [0.25, 0.3) is 5.91 Å². The molecular weight excluding hydrogens is 424 g/mol. The third-order valence-electron chi connectivity index (χ3n) is 4.33. The van der Waals surface area contributed by atoms with Crippen LogP contribution in [0.1, 0.15) is 26.2 Å². The maximum atomic E-state index is 11.5. The predicted molar refractivity (Wildman–Crippen MR) is 114 cm³/mol. The highest BCUT2D eigenvalue weighted by atomic mass is 28.3. The fourth-order valence-electron chi connectivity index (χ4n) is 2.50. The Kier molecular flexibility index (Phi) is 10.4. The molecule has 0 saturated carbocycles. The zero-order chi connectivity index (χ0) is 23.6. The molecule has 2 amide bonds. The van der Waals surface area contributed by atoms with Crippen LogP contribution in [0.3, 0.4) is 0 Å². The number of cyclic esters (lactones) is 2. The quantitative estimate of drug-likeness (QED) is 0.235. The molecule has 0 aromatic carbocycles. The van der Waals surface area contributed by atoms with Crippen LogP contribution in [-0.2, 0) is 38.2 Å². The molecule has 174 valence electrons. The molecular formula is C20H32N2O8Si. The van der Waals surface area contributed by atoms with E-state index in [9.17, 15) is 24.0 Å². The molecule has 31 heavy (non-hydrogen) atoms. The fourth-order valence-corrected chi connectivity index (χ4v) is 3.48. The van der Waals surface area contributed by atoms with Crippen molar-refractivity contribution in [3.05, 3.63) is 12.2 Å². The zero-order valence-electron chi connectivity index (χ0n) is 18.6. The molecule has 0 aliphatic carbocycles. The van der Waals surface area contributed by atoms with E-state index in [0.717, 1.165) is 6.04 Å². The fraction of sp³-hybridized carbons (Fsp3) is 0.650. The van der Waals surface area contributed by atoms with Gasteiger partial charge in [-0.1, -0.05) is 26.2 Å². The van der Waals surface area contributed by atoms with E-state index in [1.807, 2.05) is 0 Å². The second kappa shape index (κ2) is 12.2. The summed E-state index contributed by atoms with van der Waals surface area (Å²) in [4.78, 5) is 55.8. The number of hydrogen-bond acceptors (Lipinski definition) is 8. The summed E-state index contributed by atoms with van der Waals surface area (Å²) in [6.45, 7) is 11.8. The molecule has 2 rings (SSSR count).